The number of nitrogens with zero attached hydrogens (tertiary/aromatic N) is 5. The van der Waals surface area contributed by atoms with Gasteiger partial charge in [-0.15, -0.1) is 0 Å². The van der Waals surface area contributed by atoms with Gasteiger partial charge < -0.3 is 25.2 Å². The first-order valence-corrected chi connectivity index (χ1v) is 13.3. The van der Waals surface area contributed by atoms with E-state index in [0.717, 1.165) is 31.3 Å². The first kappa shape index (κ1) is 28.2. The van der Waals surface area contributed by atoms with Gasteiger partial charge in [0.1, 0.15) is 17.9 Å². The molecule has 41 heavy (non-hydrogen) atoms. The summed E-state index contributed by atoms with van der Waals surface area (Å²) in [5.41, 5.74) is 2.60. The summed E-state index contributed by atoms with van der Waals surface area (Å²) in [6.07, 6.45) is 4.18. The Kier molecular flexibility index (Phi) is 8.31. The van der Waals surface area contributed by atoms with Gasteiger partial charge >= 0.3 is 0 Å². The number of likely N-dealkylation sites (N-methyl/N-ethyl adjacent to an activating group) is 1. The van der Waals surface area contributed by atoms with Crippen LogP contribution < -0.4 is 25.3 Å². The van der Waals surface area contributed by atoms with Crippen LogP contribution in [0.4, 0.5) is 37.5 Å². The molecule has 10 nitrogen and oxygen atoms in total. The standard InChI is InChI=1S/C29H33F2N7O3/c1-5-29(39)35-22-13-23(26(40-4)14-25(22)37-10-8-19(16-37)36(2)3)34-27-15-28(33-17-32-27)38-24(9-11-41-38)18-6-7-20(30)21(31)12-18/h5-7,12-15,17,19,24H,1,8-11,16H2,2-4H3,(H,35,39)(H,32,33,34)/t19-,24-/m1/s1. The smallest absolute Gasteiger partial charge is 0.247 e. The third-order valence-electron chi connectivity index (χ3n) is 7.37. The highest BCUT2D eigenvalue weighted by atomic mass is 19.2. The maximum atomic E-state index is 13.9. The van der Waals surface area contributed by atoms with Gasteiger partial charge in [-0.25, -0.2) is 23.8 Å². The quantitative estimate of drug-likeness (QED) is 0.360. The van der Waals surface area contributed by atoms with Gasteiger partial charge in [-0.3, -0.25) is 9.63 Å². The van der Waals surface area contributed by atoms with Crippen molar-refractivity contribution in [2.75, 3.05) is 61.5 Å². The number of hydroxylamine groups is 1. The topological polar surface area (TPSA) is 95.1 Å². The lowest BCUT2D eigenvalue weighted by atomic mass is 10.0. The molecule has 2 atom stereocenters. The van der Waals surface area contributed by atoms with E-state index in [2.05, 4.69) is 51.1 Å². The van der Waals surface area contributed by atoms with Crippen LogP contribution in [0.25, 0.3) is 0 Å². The van der Waals surface area contributed by atoms with Gasteiger partial charge in [0.2, 0.25) is 5.91 Å². The summed E-state index contributed by atoms with van der Waals surface area (Å²) in [5, 5.41) is 7.76. The van der Waals surface area contributed by atoms with E-state index in [9.17, 15) is 13.6 Å². The molecule has 3 aromatic rings. The van der Waals surface area contributed by atoms with E-state index < -0.39 is 11.6 Å². The fraction of sp³-hybridized carbons (Fsp3) is 0.345. The molecule has 12 heteroatoms. The molecule has 216 valence electrons. The summed E-state index contributed by atoms with van der Waals surface area (Å²) in [5.74, 6) is -0.710. The zero-order valence-corrected chi connectivity index (χ0v) is 23.2. The van der Waals surface area contributed by atoms with Crippen LogP contribution in [-0.4, -0.2) is 67.7 Å². The minimum absolute atomic E-state index is 0.329. The number of nitrogens with one attached hydrogen (secondary N) is 2. The fourth-order valence-corrected chi connectivity index (χ4v) is 5.15. The minimum Gasteiger partial charge on any atom is -0.494 e. The lowest BCUT2D eigenvalue weighted by Crippen LogP contribution is -2.31. The highest BCUT2D eigenvalue weighted by Crippen LogP contribution is 2.40. The average molecular weight is 566 g/mol. The van der Waals surface area contributed by atoms with Crippen LogP contribution in [0.3, 0.4) is 0 Å². The van der Waals surface area contributed by atoms with Crippen molar-refractivity contribution in [2.24, 2.45) is 0 Å². The molecule has 2 saturated heterocycles. The van der Waals surface area contributed by atoms with Crippen molar-refractivity contribution in [1.82, 2.24) is 14.9 Å². The number of aromatic nitrogens is 2. The minimum atomic E-state index is -0.916. The number of ether oxygens (including phenoxy) is 1. The van der Waals surface area contributed by atoms with E-state index in [-0.39, 0.29) is 11.9 Å². The summed E-state index contributed by atoms with van der Waals surface area (Å²) >= 11 is 0. The Balaban J connectivity index is 1.44. The van der Waals surface area contributed by atoms with Gasteiger partial charge in [0.15, 0.2) is 17.5 Å². The Morgan fingerprint density at radius 3 is 2.68 bits per heavy atom. The summed E-state index contributed by atoms with van der Waals surface area (Å²) < 4.78 is 33.2. The van der Waals surface area contributed by atoms with Crippen LogP contribution in [0.5, 0.6) is 5.75 Å². The summed E-state index contributed by atoms with van der Waals surface area (Å²) in [6, 6.07) is 9.25. The van der Waals surface area contributed by atoms with Crippen molar-refractivity contribution in [1.29, 1.82) is 0 Å². The molecule has 3 heterocycles. The molecule has 0 spiro atoms. The van der Waals surface area contributed by atoms with Crippen LogP contribution in [0.15, 0.2) is 55.4 Å². The third kappa shape index (κ3) is 6.08. The highest BCUT2D eigenvalue weighted by Gasteiger charge is 2.30. The Labute approximate surface area is 237 Å². The van der Waals surface area contributed by atoms with Crippen molar-refractivity contribution < 1.29 is 23.1 Å². The van der Waals surface area contributed by atoms with Crippen LogP contribution in [0.1, 0.15) is 24.4 Å². The van der Waals surface area contributed by atoms with Crippen molar-refractivity contribution in [3.05, 3.63) is 72.6 Å². The van der Waals surface area contributed by atoms with Gasteiger partial charge in [-0.05, 0) is 50.4 Å². The first-order chi connectivity index (χ1) is 19.8. The molecule has 2 aliphatic heterocycles. The number of carbonyl (C=O) groups excluding carboxylic acids is 1. The van der Waals surface area contributed by atoms with Gasteiger partial charge in [0.05, 0.1) is 36.8 Å². The maximum absolute atomic E-state index is 13.9. The monoisotopic (exact) mass is 565 g/mol. The van der Waals surface area contributed by atoms with Crippen LogP contribution in [0.2, 0.25) is 0 Å². The normalized spacial score (nSPS) is 18.6. The molecule has 2 N–H and O–H groups in total. The number of halogens is 2. The SMILES string of the molecule is C=CC(=O)Nc1cc(Nc2cc(N3OCC[C@@H]3c3ccc(F)c(F)c3)ncn2)c(OC)cc1N1CC[C@@H](N(C)C)C1. The number of anilines is 5. The van der Waals surface area contributed by atoms with Gasteiger partial charge in [0.25, 0.3) is 0 Å². The maximum Gasteiger partial charge on any atom is 0.247 e. The number of rotatable bonds is 9. The molecule has 1 amide bonds. The van der Waals surface area contributed by atoms with Crippen LogP contribution >= 0.6 is 0 Å². The zero-order valence-electron chi connectivity index (χ0n) is 23.2. The molecule has 2 aromatic carbocycles. The van der Waals surface area contributed by atoms with Gasteiger partial charge in [0, 0.05) is 37.7 Å². The van der Waals surface area contributed by atoms with Gasteiger partial charge in [-0.2, -0.15) is 0 Å². The molecule has 1 aromatic heterocycles. The lowest BCUT2D eigenvalue weighted by Gasteiger charge is -2.26. The van der Waals surface area contributed by atoms with Crippen molar-refractivity contribution in [2.45, 2.75) is 24.9 Å². The molecule has 0 unspecified atom stereocenters. The van der Waals surface area contributed by atoms with Crippen LogP contribution in [0, 0.1) is 11.6 Å². The van der Waals surface area contributed by atoms with Crippen molar-refractivity contribution in [3.8, 4) is 5.75 Å². The van der Waals surface area contributed by atoms with E-state index in [4.69, 9.17) is 9.57 Å². The molecule has 0 bridgehead atoms. The molecule has 0 saturated carbocycles. The predicted molar refractivity (Wildman–Crippen MR) is 154 cm³/mol. The average Bonchev–Trinajstić information content (AvgIpc) is 3.66. The summed E-state index contributed by atoms with van der Waals surface area (Å²) in [7, 11) is 5.70. The van der Waals surface area contributed by atoms with E-state index in [0.29, 0.717) is 53.4 Å². The molecular formula is C29H33F2N7O3. The Morgan fingerprint density at radius 2 is 1.98 bits per heavy atom. The van der Waals surface area contributed by atoms with Crippen LogP contribution in [-0.2, 0) is 9.63 Å². The van der Waals surface area contributed by atoms with Crippen molar-refractivity contribution in [3.63, 3.8) is 0 Å². The summed E-state index contributed by atoms with van der Waals surface area (Å²) in [4.78, 5) is 31.3. The Hall–Kier alpha value is -4.29. The number of carbonyl (C=O) groups is 1. The molecule has 5 rings (SSSR count). The first-order valence-electron chi connectivity index (χ1n) is 13.3. The molecule has 2 fully saturated rings. The zero-order chi connectivity index (χ0) is 29.1. The number of benzene rings is 2. The number of hydrogen-bond donors (Lipinski definition) is 2. The number of hydrogen-bond acceptors (Lipinski definition) is 9. The van der Waals surface area contributed by atoms with E-state index in [1.54, 1.807) is 24.3 Å². The fourth-order valence-electron chi connectivity index (χ4n) is 5.15. The molecule has 2 aliphatic rings. The number of methoxy groups -OCH3 is 1. The van der Waals surface area contributed by atoms with Crippen molar-refractivity contribution >= 4 is 34.6 Å². The predicted octanol–water partition coefficient (Wildman–Crippen LogP) is 4.65. The second-order valence-electron chi connectivity index (χ2n) is 10.1. The Morgan fingerprint density at radius 1 is 1.15 bits per heavy atom. The van der Waals surface area contributed by atoms with Gasteiger partial charge in [-0.1, -0.05) is 12.6 Å². The van der Waals surface area contributed by atoms with E-state index in [1.165, 1.54) is 24.5 Å². The summed E-state index contributed by atoms with van der Waals surface area (Å²) in [6.45, 7) is 5.62. The van der Waals surface area contributed by atoms with E-state index in [1.807, 2.05) is 6.07 Å². The van der Waals surface area contributed by atoms with E-state index >= 15 is 0 Å². The number of amides is 1. The highest BCUT2D eigenvalue weighted by molar-refractivity contribution is 6.02. The molecule has 0 radical (unpaired) electrons. The second kappa shape index (κ2) is 12.1. The molecule has 0 aliphatic carbocycles. The lowest BCUT2D eigenvalue weighted by molar-refractivity contribution is -0.111. The second-order valence-corrected chi connectivity index (χ2v) is 10.1. The third-order valence-corrected chi connectivity index (χ3v) is 7.37. The molecular weight excluding hydrogens is 532 g/mol. The Bertz CT molecular complexity index is 1440. The largest absolute Gasteiger partial charge is 0.494 e.